The Morgan fingerprint density at radius 3 is 2.56 bits per heavy atom. The third-order valence-electron chi connectivity index (χ3n) is 2.13. The van der Waals surface area contributed by atoms with Crippen molar-refractivity contribution < 1.29 is 0 Å². The van der Waals surface area contributed by atoms with E-state index in [0.717, 1.165) is 11.4 Å². The van der Waals surface area contributed by atoms with Crippen LogP contribution in [-0.4, -0.2) is 15.0 Å². The number of halogens is 1. The lowest BCUT2D eigenvalue weighted by Crippen LogP contribution is -2.10. The van der Waals surface area contributed by atoms with Crippen molar-refractivity contribution in [3.05, 3.63) is 41.4 Å². The minimum Gasteiger partial charge on any atom is -0.323 e. The Bertz CT molecular complexity index is 482. The van der Waals surface area contributed by atoms with Crippen molar-refractivity contribution in [1.82, 2.24) is 15.0 Å². The first-order valence-electron chi connectivity index (χ1n) is 4.87. The molecule has 0 aliphatic rings. The lowest BCUT2D eigenvalue weighted by atomic mass is 10.1. The Balaban J connectivity index is 2.51. The lowest BCUT2D eigenvalue weighted by molar-refractivity contribution is 0.775. The number of nitrogens with two attached hydrogens (primary N) is 1. The quantitative estimate of drug-likeness (QED) is 0.865. The van der Waals surface area contributed by atoms with Gasteiger partial charge in [-0.25, -0.2) is 0 Å². The van der Waals surface area contributed by atoms with E-state index in [1.165, 1.54) is 0 Å². The third kappa shape index (κ3) is 2.18. The van der Waals surface area contributed by atoms with Gasteiger partial charge in [-0.3, -0.25) is 15.0 Å². The van der Waals surface area contributed by atoms with Crippen molar-refractivity contribution in [2.45, 2.75) is 13.0 Å². The van der Waals surface area contributed by atoms with Crippen molar-refractivity contribution in [2.24, 2.45) is 5.73 Å². The molecular formula is C11H11ClN4. The summed E-state index contributed by atoms with van der Waals surface area (Å²) in [6, 6.07) is 3.39. The monoisotopic (exact) mass is 234 g/mol. The Labute approximate surface area is 98.5 Å². The second-order valence-electron chi connectivity index (χ2n) is 3.44. The minimum atomic E-state index is -0.179. The smallest absolute Gasteiger partial charge is 0.112 e. The Morgan fingerprint density at radius 1 is 1.19 bits per heavy atom. The van der Waals surface area contributed by atoms with Crippen molar-refractivity contribution >= 4 is 11.6 Å². The van der Waals surface area contributed by atoms with E-state index in [-0.39, 0.29) is 6.04 Å². The summed E-state index contributed by atoms with van der Waals surface area (Å²) < 4.78 is 0. The molecule has 4 nitrogen and oxygen atoms in total. The van der Waals surface area contributed by atoms with Crippen LogP contribution in [0.1, 0.15) is 18.7 Å². The zero-order valence-corrected chi connectivity index (χ0v) is 9.52. The number of hydrogen-bond donors (Lipinski definition) is 1. The molecule has 0 fully saturated rings. The average Bonchev–Trinajstić information content (AvgIpc) is 2.30. The number of pyridine rings is 1. The van der Waals surface area contributed by atoms with Crippen LogP contribution in [0.5, 0.6) is 0 Å². The number of rotatable bonds is 2. The van der Waals surface area contributed by atoms with Crippen LogP contribution in [0.25, 0.3) is 11.4 Å². The molecule has 5 heteroatoms. The molecule has 2 aromatic rings. The van der Waals surface area contributed by atoms with Crippen molar-refractivity contribution in [3.8, 4) is 11.4 Å². The lowest BCUT2D eigenvalue weighted by Gasteiger charge is -2.09. The molecule has 0 radical (unpaired) electrons. The molecule has 2 aromatic heterocycles. The molecule has 0 aliphatic carbocycles. The summed E-state index contributed by atoms with van der Waals surface area (Å²) in [7, 11) is 0. The van der Waals surface area contributed by atoms with Gasteiger partial charge >= 0.3 is 0 Å². The van der Waals surface area contributed by atoms with Crippen LogP contribution in [0.4, 0.5) is 0 Å². The van der Waals surface area contributed by atoms with E-state index in [0.29, 0.717) is 10.7 Å². The molecule has 0 unspecified atom stereocenters. The predicted octanol–water partition coefficient (Wildman–Crippen LogP) is 2.21. The summed E-state index contributed by atoms with van der Waals surface area (Å²) in [6.07, 6.45) is 4.83. The summed E-state index contributed by atoms with van der Waals surface area (Å²) >= 11 is 5.78. The van der Waals surface area contributed by atoms with Gasteiger partial charge in [0.25, 0.3) is 0 Å². The Morgan fingerprint density at radius 2 is 1.94 bits per heavy atom. The first kappa shape index (κ1) is 11.0. The van der Waals surface area contributed by atoms with Gasteiger partial charge in [-0.1, -0.05) is 11.6 Å². The number of nitrogens with zero attached hydrogens (tertiary/aromatic N) is 3. The first-order valence-corrected chi connectivity index (χ1v) is 5.24. The topological polar surface area (TPSA) is 64.7 Å². The maximum absolute atomic E-state index is 5.83. The zero-order valence-electron chi connectivity index (χ0n) is 8.76. The molecular weight excluding hydrogens is 224 g/mol. The highest BCUT2D eigenvalue weighted by molar-refractivity contribution is 6.30. The second-order valence-corrected chi connectivity index (χ2v) is 3.88. The SMILES string of the molecule is C[C@@H](N)c1nccnc1-c1ccc(Cl)cn1. The molecule has 0 aromatic carbocycles. The van der Waals surface area contributed by atoms with E-state index < -0.39 is 0 Å². The van der Waals surface area contributed by atoms with E-state index in [9.17, 15) is 0 Å². The van der Waals surface area contributed by atoms with Gasteiger partial charge in [0.1, 0.15) is 5.69 Å². The van der Waals surface area contributed by atoms with Gasteiger partial charge in [0.2, 0.25) is 0 Å². The molecule has 0 spiro atoms. The highest BCUT2D eigenvalue weighted by Gasteiger charge is 2.12. The standard InChI is InChI=1S/C11H11ClN4/c1-7(13)10-11(15-5-4-14-10)9-3-2-8(12)6-16-9/h2-7H,13H2,1H3/t7-/m1/s1. The van der Waals surface area contributed by atoms with E-state index in [1.54, 1.807) is 30.7 Å². The van der Waals surface area contributed by atoms with E-state index in [2.05, 4.69) is 15.0 Å². The van der Waals surface area contributed by atoms with Crippen LogP contribution in [0.15, 0.2) is 30.7 Å². The fourth-order valence-electron chi connectivity index (χ4n) is 1.40. The molecule has 2 rings (SSSR count). The van der Waals surface area contributed by atoms with Crippen LogP contribution in [0, 0.1) is 0 Å². The molecule has 2 N–H and O–H groups in total. The van der Waals surface area contributed by atoms with Gasteiger partial charge in [-0.05, 0) is 19.1 Å². The summed E-state index contributed by atoms with van der Waals surface area (Å²) in [5.74, 6) is 0. The molecule has 0 saturated heterocycles. The fourth-order valence-corrected chi connectivity index (χ4v) is 1.51. The minimum absolute atomic E-state index is 0.179. The van der Waals surface area contributed by atoms with Gasteiger partial charge in [0.05, 0.1) is 16.4 Å². The summed E-state index contributed by atoms with van der Waals surface area (Å²) in [4.78, 5) is 12.7. The highest BCUT2D eigenvalue weighted by Crippen LogP contribution is 2.22. The third-order valence-corrected chi connectivity index (χ3v) is 2.35. The second kappa shape index (κ2) is 4.55. The Kier molecular flexibility index (Phi) is 3.12. The fraction of sp³-hybridized carbons (Fsp3) is 0.182. The maximum Gasteiger partial charge on any atom is 0.112 e. The van der Waals surface area contributed by atoms with E-state index in [4.69, 9.17) is 17.3 Å². The van der Waals surface area contributed by atoms with Crippen LogP contribution in [0.3, 0.4) is 0 Å². The zero-order chi connectivity index (χ0) is 11.5. The van der Waals surface area contributed by atoms with E-state index >= 15 is 0 Å². The molecule has 1 atom stereocenters. The Hall–Kier alpha value is -1.52. The van der Waals surface area contributed by atoms with E-state index in [1.807, 2.05) is 6.92 Å². The average molecular weight is 235 g/mol. The summed E-state index contributed by atoms with van der Waals surface area (Å²) in [5, 5.41) is 0.593. The first-order chi connectivity index (χ1) is 7.68. The molecule has 0 bridgehead atoms. The molecule has 16 heavy (non-hydrogen) atoms. The molecule has 2 heterocycles. The summed E-state index contributed by atoms with van der Waals surface area (Å²) in [5.41, 5.74) is 7.99. The van der Waals surface area contributed by atoms with Gasteiger partial charge in [-0.2, -0.15) is 0 Å². The summed E-state index contributed by atoms with van der Waals surface area (Å²) in [6.45, 7) is 1.86. The van der Waals surface area contributed by atoms with Crippen LogP contribution in [0.2, 0.25) is 5.02 Å². The molecule has 0 aliphatic heterocycles. The van der Waals surface area contributed by atoms with Crippen LogP contribution >= 0.6 is 11.6 Å². The van der Waals surface area contributed by atoms with Gasteiger partial charge in [-0.15, -0.1) is 0 Å². The van der Waals surface area contributed by atoms with Gasteiger partial charge < -0.3 is 5.73 Å². The number of hydrogen-bond acceptors (Lipinski definition) is 4. The van der Waals surface area contributed by atoms with Crippen molar-refractivity contribution in [2.75, 3.05) is 0 Å². The molecule has 0 amide bonds. The number of aromatic nitrogens is 3. The van der Waals surface area contributed by atoms with Gasteiger partial charge in [0.15, 0.2) is 0 Å². The maximum atomic E-state index is 5.83. The predicted molar refractivity (Wildman–Crippen MR) is 62.9 cm³/mol. The highest BCUT2D eigenvalue weighted by atomic mass is 35.5. The van der Waals surface area contributed by atoms with Crippen molar-refractivity contribution in [3.63, 3.8) is 0 Å². The molecule has 82 valence electrons. The van der Waals surface area contributed by atoms with Gasteiger partial charge in [0, 0.05) is 24.6 Å². The van der Waals surface area contributed by atoms with Crippen LogP contribution in [-0.2, 0) is 0 Å². The van der Waals surface area contributed by atoms with Crippen molar-refractivity contribution in [1.29, 1.82) is 0 Å². The normalized spacial score (nSPS) is 12.4. The van der Waals surface area contributed by atoms with Crippen LogP contribution < -0.4 is 5.73 Å². The molecule has 0 saturated carbocycles. The largest absolute Gasteiger partial charge is 0.323 e.